The minimum absolute atomic E-state index is 0.662. The molecule has 1 N–H and O–H groups in total. The Labute approximate surface area is 107 Å². The monoisotopic (exact) mass is 243 g/mol. The predicted octanol–water partition coefficient (Wildman–Crippen LogP) is 1.58. The van der Waals surface area contributed by atoms with E-state index in [1.54, 1.807) is 6.20 Å². The maximum atomic E-state index is 4.52. The Morgan fingerprint density at radius 2 is 1.72 bits per heavy atom. The molecule has 0 fully saturated rings. The number of hydrogen-bond acceptors (Lipinski definition) is 5. The third-order valence-electron chi connectivity index (χ3n) is 2.78. The Morgan fingerprint density at radius 1 is 1.06 bits per heavy atom. The Hall–Kier alpha value is -1.88. The second kappa shape index (κ2) is 5.18. The van der Waals surface area contributed by atoms with Crippen LogP contribution in [0.4, 0.5) is 0 Å². The van der Waals surface area contributed by atoms with Gasteiger partial charge in [-0.1, -0.05) is 0 Å². The van der Waals surface area contributed by atoms with E-state index >= 15 is 0 Å². The van der Waals surface area contributed by atoms with Gasteiger partial charge in [0.2, 0.25) is 0 Å². The molecule has 94 valence electrons. The SMILES string of the molecule is CNCc1c(C)nc(-c2ccnc(C)n2)nc1C. The van der Waals surface area contributed by atoms with Gasteiger partial charge in [-0.2, -0.15) is 0 Å². The number of nitrogens with one attached hydrogen (secondary N) is 1. The molecule has 0 amide bonds. The summed E-state index contributed by atoms with van der Waals surface area (Å²) in [5.74, 6) is 1.39. The summed E-state index contributed by atoms with van der Waals surface area (Å²) in [6.07, 6.45) is 1.73. The van der Waals surface area contributed by atoms with Gasteiger partial charge in [0.1, 0.15) is 11.5 Å². The highest BCUT2D eigenvalue weighted by atomic mass is 15.0. The average Bonchev–Trinajstić information content (AvgIpc) is 2.33. The van der Waals surface area contributed by atoms with Gasteiger partial charge < -0.3 is 5.32 Å². The van der Waals surface area contributed by atoms with Crippen LogP contribution in [0.2, 0.25) is 0 Å². The molecule has 0 saturated heterocycles. The van der Waals surface area contributed by atoms with E-state index in [2.05, 4.69) is 25.3 Å². The number of hydrogen-bond donors (Lipinski definition) is 1. The van der Waals surface area contributed by atoms with Crippen molar-refractivity contribution in [1.29, 1.82) is 0 Å². The first-order chi connectivity index (χ1) is 8.61. The summed E-state index contributed by atoms with van der Waals surface area (Å²) < 4.78 is 0. The van der Waals surface area contributed by atoms with E-state index in [1.165, 1.54) is 0 Å². The summed E-state index contributed by atoms with van der Waals surface area (Å²) >= 11 is 0. The molecule has 0 atom stereocenters. The van der Waals surface area contributed by atoms with Gasteiger partial charge in [0.25, 0.3) is 0 Å². The molecule has 0 unspecified atom stereocenters. The van der Waals surface area contributed by atoms with E-state index in [4.69, 9.17) is 0 Å². The van der Waals surface area contributed by atoms with Crippen LogP contribution >= 0.6 is 0 Å². The number of rotatable bonds is 3. The molecule has 0 bridgehead atoms. The van der Waals surface area contributed by atoms with E-state index in [0.717, 1.165) is 35.0 Å². The van der Waals surface area contributed by atoms with Crippen LogP contribution in [0, 0.1) is 20.8 Å². The maximum absolute atomic E-state index is 4.52. The third-order valence-corrected chi connectivity index (χ3v) is 2.78. The van der Waals surface area contributed by atoms with Crippen LogP contribution in [0.25, 0.3) is 11.5 Å². The summed E-state index contributed by atoms with van der Waals surface area (Å²) in [7, 11) is 1.92. The van der Waals surface area contributed by atoms with Crippen molar-refractivity contribution in [3.05, 3.63) is 35.0 Å². The molecular formula is C13H17N5. The van der Waals surface area contributed by atoms with Crippen molar-refractivity contribution in [3.8, 4) is 11.5 Å². The van der Waals surface area contributed by atoms with Crippen LogP contribution in [-0.2, 0) is 6.54 Å². The van der Waals surface area contributed by atoms with E-state index < -0.39 is 0 Å². The zero-order valence-electron chi connectivity index (χ0n) is 11.2. The lowest BCUT2D eigenvalue weighted by atomic mass is 10.1. The van der Waals surface area contributed by atoms with Crippen molar-refractivity contribution in [3.63, 3.8) is 0 Å². The fraction of sp³-hybridized carbons (Fsp3) is 0.385. The number of aryl methyl sites for hydroxylation is 3. The van der Waals surface area contributed by atoms with Gasteiger partial charge in [-0.15, -0.1) is 0 Å². The minimum Gasteiger partial charge on any atom is -0.316 e. The van der Waals surface area contributed by atoms with Crippen LogP contribution in [0.15, 0.2) is 12.3 Å². The minimum atomic E-state index is 0.662. The van der Waals surface area contributed by atoms with Crippen LogP contribution in [-0.4, -0.2) is 27.0 Å². The summed E-state index contributed by atoms with van der Waals surface area (Å²) in [5.41, 5.74) is 3.89. The van der Waals surface area contributed by atoms with E-state index in [9.17, 15) is 0 Å². The van der Waals surface area contributed by atoms with Crippen molar-refractivity contribution < 1.29 is 0 Å². The fourth-order valence-corrected chi connectivity index (χ4v) is 1.87. The predicted molar refractivity (Wildman–Crippen MR) is 70.0 cm³/mol. The smallest absolute Gasteiger partial charge is 0.178 e. The summed E-state index contributed by atoms with van der Waals surface area (Å²) in [5, 5.41) is 3.13. The average molecular weight is 243 g/mol. The van der Waals surface area contributed by atoms with Crippen molar-refractivity contribution >= 4 is 0 Å². The van der Waals surface area contributed by atoms with Crippen LogP contribution in [0.1, 0.15) is 22.8 Å². The molecule has 0 aliphatic rings. The second-order valence-corrected chi connectivity index (χ2v) is 4.22. The van der Waals surface area contributed by atoms with Gasteiger partial charge in [0.05, 0.1) is 0 Å². The first-order valence-corrected chi connectivity index (χ1v) is 5.90. The molecule has 2 aromatic rings. The van der Waals surface area contributed by atoms with Gasteiger partial charge in [-0.05, 0) is 33.9 Å². The molecule has 0 radical (unpaired) electrons. The zero-order chi connectivity index (χ0) is 13.1. The molecule has 0 spiro atoms. The van der Waals surface area contributed by atoms with Gasteiger partial charge in [0.15, 0.2) is 5.82 Å². The van der Waals surface area contributed by atoms with Crippen LogP contribution in [0.5, 0.6) is 0 Å². The molecule has 2 heterocycles. The van der Waals surface area contributed by atoms with E-state index in [1.807, 2.05) is 33.9 Å². The Bertz CT molecular complexity index is 542. The Morgan fingerprint density at radius 3 is 2.28 bits per heavy atom. The molecule has 0 aromatic carbocycles. The van der Waals surface area contributed by atoms with Gasteiger partial charge >= 0.3 is 0 Å². The number of nitrogens with zero attached hydrogens (tertiary/aromatic N) is 4. The van der Waals surface area contributed by atoms with Crippen molar-refractivity contribution in [1.82, 2.24) is 25.3 Å². The quantitative estimate of drug-likeness (QED) is 0.886. The third kappa shape index (κ3) is 2.51. The van der Waals surface area contributed by atoms with Crippen molar-refractivity contribution in [2.45, 2.75) is 27.3 Å². The maximum Gasteiger partial charge on any atom is 0.178 e. The largest absolute Gasteiger partial charge is 0.316 e. The molecular weight excluding hydrogens is 226 g/mol. The first-order valence-electron chi connectivity index (χ1n) is 5.90. The van der Waals surface area contributed by atoms with Gasteiger partial charge in [0, 0.05) is 29.7 Å². The Kier molecular flexibility index (Phi) is 3.62. The molecule has 0 aliphatic carbocycles. The molecule has 0 aliphatic heterocycles. The first kappa shape index (κ1) is 12.6. The Balaban J connectivity index is 2.48. The molecule has 5 nitrogen and oxygen atoms in total. The van der Waals surface area contributed by atoms with Gasteiger partial charge in [-0.25, -0.2) is 19.9 Å². The zero-order valence-corrected chi connectivity index (χ0v) is 11.2. The topological polar surface area (TPSA) is 63.6 Å². The van der Waals surface area contributed by atoms with Crippen molar-refractivity contribution in [2.75, 3.05) is 7.05 Å². The standard InChI is InChI=1S/C13H17N5/c1-8-11(7-14-4)9(2)17-13(16-8)12-5-6-15-10(3)18-12/h5-6,14H,7H2,1-4H3. The van der Waals surface area contributed by atoms with Gasteiger partial charge in [-0.3, -0.25) is 0 Å². The summed E-state index contributed by atoms with van der Waals surface area (Å²) in [4.78, 5) is 17.5. The number of aromatic nitrogens is 4. The van der Waals surface area contributed by atoms with E-state index in [-0.39, 0.29) is 0 Å². The highest BCUT2D eigenvalue weighted by Crippen LogP contribution is 2.16. The van der Waals surface area contributed by atoms with Crippen molar-refractivity contribution in [2.24, 2.45) is 0 Å². The molecule has 2 rings (SSSR count). The normalized spacial score (nSPS) is 10.7. The van der Waals surface area contributed by atoms with Crippen LogP contribution in [0.3, 0.4) is 0 Å². The second-order valence-electron chi connectivity index (χ2n) is 4.22. The molecule has 18 heavy (non-hydrogen) atoms. The molecule has 2 aromatic heterocycles. The summed E-state index contributed by atoms with van der Waals surface area (Å²) in [6.45, 7) is 6.64. The van der Waals surface area contributed by atoms with E-state index in [0.29, 0.717) is 5.82 Å². The summed E-state index contributed by atoms with van der Waals surface area (Å²) in [6, 6.07) is 1.83. The van der Waals surface area contributed by atoms with Crippen LogP contribution < -0.4 is 5.32 Å². The highest BCUT2D eigenvalue weighted by Gasteiger charge is 2.10. The molecule has 0 saturated carbocycles. The lowest BCUT2D eigenvalue weighted by Gasteiger charge is -2.10. The lowest BCUT2D eigenvalue weighted by Crippen LogP contribution is -2.11. The fourth-order valence-electron chi connectivity index (χ4n) is 1.87. The molecule has 5 heteroatoms. The lowest BCUT2D eigenvalue weighted by molar-refractivity contribution is 0.786. The highest BCUT2D eigenvalue weighted by molar-refractivity contribution is 5.49.